The summed E-state index contributed by atoms with van der Waals surface area (Å²) in [6, 6.07) is 5.90. The number of pyridine rings is 1. The van der Waals surface area contributed by atoms with Gasteiger partial charge < -0.3 is 15.4 Å². The number of aromatic nitrogens is 4. The molecule has 5 rings (SSSR count). The van der Waals surface area contributed by atoms with Gasteiger partial charge in [0.15, 0.2) is 0 Å². The Labute approximate surface area is 154 Å². The second kappa shape index (κ2) is 5.94. The Morgan fingerprint density at radius 1 is 1.22 bits per heavy atom. The lowest BCUT2D eigenvalue weighted by molar-refractivity contribution is -0.110. The monoisotopic (exact) mass is 360 g/mol. The van der Waals surface area contributed by atoms with Crippen LogP contribution in [-0.4, -0.2) is 39.5 Å². The van der Waals surface area contributed by atoms with E-state index in [1.54, 1.807) is 12.3 Å². The Morgan fingerprint density at radius 2 is 2.15 bits per heavy atom. The van der Waals surface area contributed by atoms with Gasteiger partial charge in [-0.3, -0.25) is 4.79 Å². The standard InChI is InChI=1S/C19H16N6O2/c1-10-15(9-21-19-17(10)20-4-5-27-19)11-2-3-16-13(6-11)14(18(26)23-16)7-12-8-22-25-24-12/h2-3,6-9,20H,4-5H2,1H3,(H,23,26)(H,22,24,25)/b14-7-. The predicted molar refractivity (Wildman–Crippen MR) is 101 cm³/mol. The molecule has 0 spiro atoms. The number of fused-ring (bicyclic) bond motifs is 2. The number of carbonyl (C=O) groups is 1. The van der Waals surface area contributed by atoms with Crippen LogP contribution in [0.3, 0.4) is 0 Å². The molecular formula is C19H16N6O2. The minimum Gasteiger partial charge on any atom is -0.474 e. The normalized spacial score (nSPS) is 16.3. The first-order chi connectivity index (χ1) is 13.2. The van der Waals surface area contributed by atoms with Crippen molar-refractivity contribution in [3.8, 4) is 17.0 Å². The summed E-state index contributed by atoms with van der Waals surface area (Å²) in [5, 5.41) is 16.6. The zero-order valence-corrected chi connectivity index (χ0v) is 14.5. The van der Waals surface area contributed by atoms with E-state index in [1.165, 1.54) is 0 Å². The first-order valence-corrected chi connectivity index (χ1v) is 8.60. The maximum atomic E-state index is 12.4. The number of ether oxygens (including phenoxy) is 1. The quantitative estimate of drug-likeness (QED) is 0.607. The molecular weight excluding hydrogens is 344 g/mol. The van der Waals surface area contributed by atoms with Crippen molar-refractivity contribution < 1.29 is 9.53 Å². The van der Waals surface area contributed by atoms with Crippen molar-refractivity contribution in [3.05, 3.63) is 47.4 Å². The van der Waals surface area contributed by atoms with Gasteiger partial charge in [0.05, 0.1) is 11.8 Å². The van der Waals surface area contributed by atoms with Crippen LogP contribution in [0.25, 0.3) is 22.8 Å². The third kappa shape index (κ3) is 2.53. The van der Waals surface area contributed by atoms with Crippen molar-refractivity contribution in [3.63, 3.8) is 0 Å². The largest absolute Gasteiger partial charge is 0.474 e. The molecule has 4 heterocycles. The first-order valence-electron chi connectivity index (χ1n) is 8.60. The molecule has 8 nitrogen and oxygen atoms in total. The molecule has 3 aromatic rings. The van der Waals surface area contributed by atoms with Crippen molar-refractivity contribution in [1.29, 1.82) is 0 Å². The molecule has 8 heteroatoms. The number of aromatic amines is 1. The molecule has 27 heavy (non-hydrogen) atoms. The van der Waals surface area contributed by atoms with E-state index in [2.05, 4.69) is 31.0 Å². The highest BCUT2D eigenvalue weighted by molar-refractivity contribution is 6.35. The lowest BCUT2D eigenvalue weighted by Gasteiger charge is -2.21. The Balaban J connectivity index is 1.61. The molecule has 0 radical (unpaired) electrons. The number of hydrogen-bond donors (Lipinski definition) is 3. The van der Waals surface area contributed by atoms with Gasteiger partial charge in [-0.1, -0.05) is 6.07 Å². The second-order valence-corrected chi connectivity index (χ2v) is 6.42. The van der Waals surface area contributed by atoms with Crippen molar-refractivity contribution >= 4 is 28.9 Å². The summed E-state index contributed by atoms with van der Waals surface area (Å²) in [6.45, 7) is 3.41. The fourth-order valence-electron chi connectivity index (χ4n) is 3.44. The van der Waals surface area contributed by atoms with E-state index in [0.717, 1.165) is 40.2 Å². The minimum absolute atomic E-state index is 0.152. The van der Waals surface area contributed by atoms with Gasteiger partial charge in [0.2, 0.25) is 5.88 Å². The summed E-state index contributed by atoms with van der Waals surface area (Å²) >= 11 is 0. The van der Waals surface area contributed by atoms with E-state index in [9.17, 15) is 4.79 Å². The summed E-state index contributed by atoms with van der Waals surface area (Å²) in [6.07, 6.45) is 5.11. The van der Waals surface area contributed by atoms with Crippen LogP contribution in [0, 0.1) is 6.92 Å². The highest BCUT2D eigenvalue weighted by Crippen LogP contribution is 2.39. The zero-order chi connectivity index (χ0) is 18.4. The highest BCUT2D eigenvalue weighted by atomic mass is 16.5. The molecule has 0 bridgehead atoms. The third-order valence-corrected chi connectivity index (χ3v) is 4.79. The van der Waals surface area contributed by atoms with Crippen LogP contribution in [0.15, 0.2) is 30.6 Å². The van der Waals surface area contributed by atoms with Crippen LogP contribution in [0.4, 0.5) is 11.4 Å². The minimum atomic E-state index is -0.152. The average molecular weight is 360 g/mol. The Kier molecular flexibility index (Phi) is 3.43. The maximum Gasteiger partial charge on any atom is 0.256 e. The van der Waals surface area contributed by atoms with Crippen LogP contribution < -0.4 is 15.4 Å². The lowest BCUT2D eigenvalue weighted by Crippen LogP contribution is -2.20. The third-order valence-electron chi connectivity index (χ3n) is 4.79. The molecule has 0 aliphatic carbocycles. The molecule has 0 unspecified atom stereocenters. The van der Waals surface area contributed by atoms with Gasteiger partial charge in [-0.25, -0.2) is 4.98 Å². The molecule has 2 aromatic heterocycles. The van der Waals surface area contributed by atoms with Crippen molar-refractivity contribution in [2.75, 3.05) is 23.8 Å². The molecule has 0 saturated heterocycles. The fourth-order valence-corrected chi connectivity index (χ4v) is 3.44. The SMILES string of the molecule is Cc1c(-c2ccc3c(c2)/C(=C/c2cn[nH]n2)C(=O)N3)cnc2c1NCCO2. The Hall–Kier alpha value is -3.68. The number of anilines is 2. The van der Waals surface area contributed by atoms with Crippen molar-refractivity contribution in [1.82, 2.24) is 20.4 Å². The van der Waals surface area contributed by atoms with Crippen LogP contribution in [0.5, 0.6) is 5.88 Å². The number of nitrogens with zero attached hydrogens (tertiary/aromatic N) is 3. The summed E-state index contributed by atoms with van der Waals surface area (Å²) < 4.78 is 5.61. The molecule has 134 valence electrons. The van der Waals surface area contributed by atoms with Gasteiger partial charge in [0, 0.05) is 29.6 Å². The molecule has 2 aliphatic heterocycles. The number of rotatable bonds is 2. The number of amides is 1. The molecule has 3 N–H and O–H groups in total. The molecule has 0 saturated carbocycles. The van der Waals surface area contributed by atoms with Gasteiger partial charge in [0.25, 0.3) is 5.91 Å². The van der Waals surface area contributed by atoms with Crippen LogP contribution >= 0.6 is 0 Å². The zero-order valence-electron chi connectivity index (χ0n) is 14.5. The van der Waals surface area contributed by atoms with Gasteiger partial charge in [-0.15, -0.1) is 0 Å². The van der Waals surface area contributed by atoms with Crippen LogP contribution in [-0.2, 0) is 4.79 Å². The summed E-state index contributed by atoms with van der Waals surface area (Å²) in [5.74, 6) is 0.479. The van der Waals surface area contributed by atoms with Gasteiger partial charge in [-0.05, 0) is 36.3 Å². The molecule has 1 amide bonds. The smallest absolute Gasteiger partial charge is 0.256 e. The predicted octanol–water partition coefficient (Wildman–Crippen LogP) is 2.47. The van der Waals surface area contributed by atoms with Gasteiger partial charge in [-0.2, -0.15) is 15.4 Å². The van der Waals surface area contributed by atoms with E-state index in [0.29, 0.717) is 23.8 Å². The summed E-state index contributed by atoms with van der Waals surface area (Å²) in [5.41, 5.74) is 6.75. The average Bonchev–Trinajstić information content (AvgIpc) is 3.31. The van der Waals surface area contributed by atoms with Crippen LogP contribution in [0.2, 0.25) is 0 Å². The summed E-state index contributed by atoms with van der Waals surface area (Å²) in [7, 11) is 0. The van der Waals surface area contributed by atoms with E-state index in [-0.39, 0.29) is 5.91 Å². The number of carbonyl (C=O) groups excluding carboxylic acids is 1. The van der Waals surface area contributed by atoms with Gasteiger partial charge >= 0.3 is 0 Å². The van der Waals surface area contributed by atoms with Crippen LogP contribution in [0.1, 0.15) is 16.8 Å². The van der Waals surface area contributed by atoms with E-state index in [1.807, 2.05) is 31.3 Å². The molecule has 2 aliphatic rings. The first kappa shape index (κ1) is 15.6. The van der Waals surface area contributed by atoms with E-state index in [4.69, 9.17) is 4.74 Å². The topological polar surface area (TPSA) is 105 Å². The number of nitrogens with one attached hydrogen (secondary N) is 3. The van der Waals surface area contributed by atoms with Gasteiger partial charge in [0.1, 0.15) is 18.0 Å². The molecule has 1 aromatic carbocycles. The van der Waals surface area contributed by atoms with Crippen molar-refractivity contribution in [2.45, 2.75) is 6.92 Å². The Morgan fingerprint density at radius 3 is 3.00 bits per heavy atom. The number of hydrogen-bond acceptors (Lipinski definition) is 6. The van der Waals surface area contributed by atoms with E-state index < -0.39 is 0 Å². The fraction of sp³-hybridized carbons (Fsp3) is 0.158. The van der Waals surface area contributed by atoms with Crippen molar-refractivity contribution in [2.24, 2.45) is 0 Å². The second-order valence-electron chi connectivity index (χ2n) is 6.42. The van der Waals surface area contributed by atoms with E-state index >= 15 is 0 Å². The lowest BCUT2D eigenvalue weighted by atomic mass is 9.96. The summed E-state index contributed by atoms with van der Waals surface area (Å²) in [4.78, 5) is 16.8. The number of benzene rings is 1. The Bertz CT molecular complexity index is 1090. The molecule has 0 atom stereocenters. The maximum absolute atomic E-state index is 12.4. The number of H-pyrrole nitrogens is 1. The molecule has 0 fully saturated rings. The highest BCUT2D eigenvalue weighted by Gasteiger charge is 2.25.